The molecule has 5 nitrogen and oxygen atoms in total. The lowest BCUT2D eigenvalue weighted by Crippen LogP contribution is -2.11. The van der Waals surface area contributed by atoms with Gasteiger partial charge in [-0.3, -0.25) is 14.6 Å². The molecule has 6 heteroatoms. The molecule has 0 unspecified atom stereocenters. The minimum absolute atomic E-state index is 0.179. The number of amides is 1. The molecule has 0 atom stereocenters. The average molecular weight is 305 g/mol. The van der Waals surface area contributed by atoms with Gasteiger partial charge in [-0.1, -0.05) is 17.7 Å². The van der Waals surface area contributed by atoms with Gasteiger partial charge in [-0.15, -0.1) is 0 Å². The van der Waals surface area contributed by atoms with Gasteiger partial charge in [0.1, 0.15) is 6.61 Å². The fraction of sp³-hybridized carbons (Fsp3) is 0.133. The van der Waals surface area contributed by atoms with Gasteiger partial charge in [-0.2, -0.15) is 0 Å². The Labute approximate surface area is 126 Å². The van der Waals surface area contributed by atoms with Crippen LogP contribution >= 0.6 is 11.6 Å². The van der Waals surface area contributed by atoms with E-state index in [1.165, 1.54) is 6.92 Å². The van der Waals surface area contributed by atoms with Crippen LogP contribution in [0.4, 0.5) is 0 Å². The lowest BCUT2D eigenvalue weighted by molar-refractivity contribution is -0.142. The summed E-state index contributed by atoms with van der Waals surface area (Å²) in [4.78, 5) is 26.2. The van der Waals surface area contributed by atoms with Gasteiger partial charge < -0.3 is 10.5 Å². The quantitative estimate of drug-likeness (QED) is 0.880. The molecule has 0 radical (unpaired) electrons. The van der Waals surface area contributed by atoms with E-state index in [1.54, 1.807) is 36.5 Å². The zero-order valence-electron chi connectivity index (χ0n) is 11.3. The van der Waals surface area contributed by atoms with Crippen molar-refractivity contribution in [3.63, 3.8) is 0 Å². The standard InChI is InChI=1S/C15H13ClN2O3/c1-9(19)21-8-10-4-5-18-14(6-10)11-2-3-12(15(17)20)13(16)7-11/h2-7H,8H2,1H3,(H2,17,20). The number of pyridine rings is 1. The van der Waals surface area contributed by atoms with Crippen molar-refractivity contribution in [2.24, 2.45) is 5.73 Å². The smallest absolute Gasteiger partial charge is 0.302 e. The van der Waals surface area contributed by atoms with Crippen LogP contribution in [0.5, 0.6) is 0 Å². The number of ether oxygens (including phenoxy) is 1. The molecule has 2 N–H and O–H groups in total. The number of nitrogens with two attached hydrogens (primary N) is 1. The summed E-state index contributed by atoms with van der Waals surface area (Å²) in [7, 11) is 0. The first-order valence-corrected chi connectivity index (χ1v) is 6.53. The van der Waals surface area contributed by atoms with Gasteiger partial charge in [0, 0.05) is 18.7 Å². The molecule has 0 aliphatic carbocycles. The molecule has 0 saturated carbocycles. The van der Waals surface area contributed by atoms with Gasteiger partial charge in [-0.25, -0.2) is 0 Å². The fourth-order valence-electron chi connectivity index (χ4n) is 1.78. The molecule has 0 aliphatic heterocycles. The Morgan fingerprint density at radius 2 is 2.05 bits per heavy atom. The first-order chi connectivity index (χ1) is 9.97. The van der Waals surface area contributed by atoms with Crippen molar-refractivity contribution < 1.29 is 14.3 Å². The molecule has 0 bridgehead atoms. The van der Waals surface area contributed by atoms with Crippen molar-refractivity contribution in [3.05, 3.63) is 52.7 Å². The molecule has 1 amide bonds. The van der Waals surface area contributed by atoms with Gasteiger partial charge >= 0.3 is 5.97 Å². The van der Waals surface area contributed by atoms with Gasteiger partial charge in [0.15, 0.2) is 0 Å². The van der Waals surface area contributed by atoms with Gasteiger partial charge in [0.2, 0.25) is 5.91 Å². The highest BCUT2D eigenvalue weighted by Gasteiger charge is 2.09. The predicted octanol–water partition coefficient (Wildman–Crippen LogP) is 2.56. The Bertz CT molecular complexity index is 701. The molecule has 108 valence electrons. The third kappa shape index (κ3) is 3.79. The molecule has 1 aromatic carbocycles. The summed E-state index contributed by atoms with van der Waals surface area (Å²) >= 11 is 6.02. The van der Waals surface area contributed by atoms with Gasteiger partial charge in [-0.05, 0) is 29.8 Å². The first-order valence-electron chi connectivity index (χ1n) is 6.15. The maximum absolute atomic E-state index is 11.1. The molecule has 0 spiro atoms. The number of carbonyl (C=O) groups excluding carboxylic acids is 2. The van der Waals surface area contributed by atoms with Crippen LogP contribution in [0.25, 0.3) is 11.3 Å². The Morgan fingerprint density at radius 1 is 1.29 bits per heavy atom. The fourth-order valence-corrected chi connectivity index (χ4v) is 2.05. The summed E-state index contributed by atoms with van der Waals surface area (Å²) in [5, 5.41) is 0.271. The second-order valence-corrected chi connectivity index (χ2v) is 4.80. The average Bonchev–Trinajstić information content (AvgIpc) is 2.45. The van der Waals surface area contributed by atoms with Crippen LogP contribution in [-0.2, 0) is 16.1 Å². The number of aromatic nitrogens is 1. The highest BCUT2D eigenvalue weighted by Crippen LogP contribution is 2.24. The van der Waals surface area contributed by atoms with E-state index in [4.69, 9.17) is 22.1 Å². The third-order valence-electron chi connectivity index (χ3n) is 2.80. The molecule has 2 rings (SSSR count). The molecule has 0 aliphatic rings. The van der Waals surface area contributed by atoms with Crippen LogP contribution in [-0.4, -0.2) is 16.9 Å². The van der Waals surface area contributed by atoms with E-state index < -0.39 is 5.91 Å². The minimum Gasteiger partial charge on any atom is -0.461 e. The van der Waals surface area contributed by atoms with Crippen molar-refractivity contribution in [2.45, 2.75) is 13.5 Å². The molecular weight excluding hydrogens is 292 g/mol. The minimum atomic E-state index is -0.580. The molecule has 1 aromatic heterocycles. The van der Waals surface area contributed by atoms with E-state index in [0.29, 0.717) is 5.69 Å². The highest BCUT2D eigenvalue weighted by molar-refractivity contribution is 6.34. The van der Waals surface area contributed by atoms with E-state index in [-0.39, 0.29) is 23.2 Å². The van der Waals surface area contributed by atoms with Gasteiger partial charge in [0.25, 0.3) is 0 Å². The lowest BCUT2D eigenvalue weighted by Gasteiger charge is -2.07. The third-order valence-corrected chi connectivity index (χ3v) is 3.11. The monoisotopic (exact) mass is 304 g/mol. The van der Waals surface area contributed by atoms with Crippen LogP contribution in [0.3, 0.4) is 0 Å². The van der Waals surface area contributed by atoms with Crippen molar-refractivity contribution in [2.75, 3.05) is 0 Å². The Morgan fingerprint density at radius 3 is 2.67 bits per heavy atom. The number of hydrogen-bond acceptors (Lipinski definition) is 4. The Hall–Kier alpha value is -2.40. The molecule has 0 saturated heterocycles. The van der Waals surface area contributed by atoms with Crippen LogP contribution in [0.15, 0.2) is 36.5 Å². The number of benzene rings is 1. The summed E-state index contributed by atoms with van der Waals surface area (Å²) in [5.74, 6) is -0.926. The summed E-state index contributed by atoms with van der Waals surface area (Å²) in [5.41, 5.74) is 7.69. The predicted molar refractivity (Wildman–Crippen MR) is 78.7 cm³/mol. The van der Waals surface area contributed by atoms with Crippen molar-refractivity contribution >= 4 is 23.5 Å². The number of halogens is 1. The second kappa shape index (κ2) is 6.37. The SMILES string of the molecule is CC(=O)OCc1ccnc(-c2ccc(C(N)=O)c(Cl)c2)c1. The van der Waals surface area contributed by atoms with Crippen molar-refractivity contribution in [1.82, 2.24) is 4.98 Å². The molecule has 2 aromatic rings. The molecule has 1 heterocycles. The molecule has 21 heavy (non-hydrogen) atoms. The molecular formula is C15H13ClN2O3. The van der Waals surface area contributed by atoms with E-state index in [9.17, 15) is 9.59 Å². The number of esters is 1. The Kier molecular flexibility index (Phi) is 4.55. The first kappa shape index (κ1) is 15.0. The maximum Gasteiger partial charge on any atom is 0.302 e. The van der Waals surface area contributed by atoms with Crippen LogP contribution < -0.4 is 5.73 Å². The van der Waals surface area contributed by atoms with Crippen molar-refractivity contribution in [3.8, 4) is 11.3 Å². The number of primary amides is 1. The van der Waals surface area contributed by atoms with E-state index in [1.807, 2.05) is 0 Å². The lowest BCUT2D eigenvalue weighted by atomic mass is 10.1. The second-order valence-electron chi connectivity index (χ2n) is 4.39. The Balaban J connectivity index is 2.29. The normalized spacial score (nSPS) is 10.2. The van der Waals surface area contributed by atoms with E-state index in [0.717, 1.165) is 11.1 Å². The summed E-state index contributed by atoms with van der Waals surface area (Å²) < 4.78 is 4.94. The van der Waals surface area contributed by atoms with E-state index >= 15 is 0 Å². The van der Waals surface area contributed by atoms with Crippen LogP contribution in [0.1, 0.15) is 22.8 Å². The van der Waals surface area contributed by atoms with Gasteiger partial charge in [0.05, 0.1) is 16.3 Å². The summed E-state index contributed by atoms with van der Waals surface area (Å²) in [6.07, 6.45) is 1.62. The zero-order valence-corrected chi connectivity index (χ0v) is 12.1. The molecule has 0 fully saturated rings. The number of carbonyl (C=O) groups is 2. The highest BCUT2D eigenvalue weighted by atomic mass is 35.5. The maximum atomic E-state index is 11.1. The zero-order chi connectivity index (χ0) is 15.4. The van der Waals surface area contributed by atoms with E-state index in [2.05, 4.69) is 4.98 Å². The van der Waals surface area contributed by atoms with Crippen LogP contribution in [0, 0.1) is 0 Å². The van der Waals surface area contributed by atoms with Crippen molar-refractivity contribution in [1.29, 1.82) is 0 Å². The number of hydrogen-bond donors (Lipinski definition) is 1. The summed E-state index contributed by atoms with van der Waals surface area (Å²) in [6, 6.07) is 8.44. The van der Waals surface area contributed by atoms with Crippen LogP contribution in [0.2, 0.25) is 5.02 Å². The summed E-state index contributed by atoms with van der Waals surface area (Å²) in [6.45, 7) is 1.53. The number of rotatable bonds is 4. The largest absolute Gasteiger partial charge is 0.461 e. The number of nitrogens with zero attached hydrogens (tertiary/aromatic N) is 1. The topological polar surface area (TPSA) is 82.3 Å².